The van der Waals surface area contributed by atoms with E-state index in [4.69, 9.17) is 14.6 Å². The fraction of sp³-hybridized carbons (Fsp3) is 0.929. The van der Waals surface area contributed by atoms with Crippen LogP contribution >= 0.6 is 0 Å². The first-order chi connectivity index (χ1) is 9.91. The van der Waals surface area contributed by atoms with Crippen molar-refractivity contribution in [2.75, 3.05) is 87.3 Å². The highest BCUT2D eigenvalue weighted by Gasteiger charge is 2.09. The zero-order valence-corrected chi connectivity index (χ0v) is 13.9. The topological polar surface area (TPSA) is 65.5 Å². The van der Waals surface area contributed by atoms with E-state index in [-0.39, 0.29) is 6.54 Å². The summed E-state index contributed by atoms with van der Waals surface area (Å²) >= 11 is 0. The number of carboxylic acids is 1. The molecule has 7 heteroatoms. The van der Waals surface area contributed by atoms with E-state index >= 15 is 0 Å². The molecule has 0 aliphatic rings. The van der Waals surface area contributed by atoms with Gasteiger partial charge in [0, 0.05) is 26.2 Å². The van der Waals surface area contributed by atoms with Gasteiger partial charge >= 0.3 is 5.97 Å². The van der Waals surface area contributed by atoms with Crippen LogP contribution in [0, 0.1) is 0 Å². The second kappa shape index (κ2) is 13.0. The van der Waals surface area contributed by atoms with Gasteiger partial charge in [0.15, 0.2) is 0 Å². The normalized spacial score (nSPS) is 11.8. The van der Waals surface area contributed by atoms with Gasteiger partial charge in [0.1, 0.15) is 0 Å². The van der Waals surface area contributed by atoms with Gasteiger partial charge in [0.2, 0.25) is 0 Å². The van der Waals surface area contributed by atoms with Crippen molar-refractivity contribution in [2.24, 2.45) is 0 Å². The first-order valence-corrected chi connectivity index (χ1v) is 7.31. The third-order valence-corrected chi connectivity index (χ3v) is 2.83. The van der Waals surface area contributed by atoms with E-state index in [1.54, 1.807) is 0 Å². The quantitative estimate of drug-likeness (QED) is 0.435. The molecule has 0 aliphatic heterocycles. The van der Waals surface area contributed by atoms with Crippen molar-refractivity contribution in [2.45, 2.75) is 0 Å². The number of carboxylic acid groups (broad SMARTS) is 1. The molecule has 0 aliphatic carbocycles. The summed E-state index contributed by atoms with van der Waals surface area (Å²) < 4.78 is 11.0. The molecule has 0 spiro atoms. The third kappa shape index (κ3) is 15.5. The Morgan fingerprint density at radius 1 is 0.810 bits per heavy atom. The summed E-state index contributed by atoms with van der Waals surface area (Å²) in [6, 6.07) is 0. The maximum absolute atomic E-state index is 10.8. The minimum atomic E-state index is -0.823. The molecular weight excluding hydrogens is 274 g/mol. The molecule has 0 rings (SSSR count). The lowest BCUT2D eigenvalue weighted by Gasteiger charge is -2.20. The van der Waals surface area contributed by atoms with Crippen LogP contribution in [0.2, 0.25) is 0 Å². The Labute approximate surface area is 128 Å². The summed E-state index contributed by atoms with van der Waals surface area (Å²) in [4.78, 5) is 16.8. The number of rotatable bonds is 14. The molecule has 0 aromatic carbocycles. The van der Waals surface area contributed by atoms with Crippen molar-refractivity contribution >= 4 is 5.97 Å². The Hall–Kier alpha value is -0.730. The monoisotopic (exact) mass is 305 g/mol. The number of aliphatic carboxylic acids is 1. The fourth-order valence-electron chi connectivity index (χ4n) is 1.55. The molecule has 0 unspecified atom stereocenters. The van der Waals surface area contributed by atoms with E-state index in [9.17, 15) is 4.79 Å². The van der Waals surface area contributed by atoms with Crippen LogP contribution in [0.15, 0.2) is 0 Å². The Balaban J connectivity index is 3.74. The maximum atomic E-state index is 10.8. The molecule has 0 radical (unpaired) electrons. The molecule has 0 fully saturated rings. The molecule has 126 valence electrons. The SMILES string of the molecule is CN(C)CCOCCN(CCOCCN(C)C)CC(=O)O. The molecule has 0 amide bonds. The van der Waals surface area contributed by atoms with Gasteiger partial charge in [-0.15, -0.1) is 0 Å². The highest BCUT2D eigenvalue weighted by atomic mass is 16.5. The zero-order chi connectivity index (χ0) is 16.1. The molecule has 0 saturated heterocycles. The van der Waals surface area contributed by atoms with Crippen LogP contribution in [0.1, 0.15) is 0 Å². The highest BCUT2D eigenvalue weighted by molar-refractivity contribution is 5.69. The summed E-state index contributed by atoms with van der Waals surface area (Å²) in [7, 11) is 7.96. The van der Waals surface area contributed by atoms with Crippen LogP contribution in [0.3, 0.4) is 0 Å². The summed E-state index contributed by atoms with van der Waals surface area (Å²) in [5.74, 6) is -0.823. The number of hydrogen-bond donors (Lipinski definition) is 1. The van der Waals surface area contributed by atoms with Crippen LogP contribution in [0.4, 0.5) is 0 Å². The third-order valence-electron chi connectivity index (χ3n) is 2.83. The van der Waals surface area contributed by atoms with Crippen LogP contribution < -0.4 is 0 Å². The maximum Gasteiger partial charge on any atom is 0.317 e. The largest absolute Gasteiger partial charge is 0.480 e. The van der Waals surface area contributed by atoms with Gasteiger partial charge < -0.3 is 24.4 Å². The van der Waals surface area contributed by atoms with Crippen molar-refractivity contribution in [3.63, 3.8) is 0 Å². The number of hydrogen-bond acceptors (Lipinski definition) is 6. The smallest absolute Gasteiger partial charge is 0.317 e. The van der Waals surface area contributed by atoms with Gasteiger partial charge in [0.25, 0.3) is 0 Å². The van der Waals surface area contributed by atoms with Gasteiger partial charge in [-0.1, -0.05) is 0 Å². The molecule has 0 atom stereocenters. The molecule has 0 saturated carbocycles. The molecular formula is C14H31N3O4. The van der Waals surface area contributed by atoms with Crippen LogP contribution in [-0.4, -0.2) is 113 Å². The lowest BCUT2D eigenvalue weighted by Crippen LogP contribution is -2.36. The van der Waals surface area contributed by atoms with Gasteiger partial charge in [-0.3, -0.25) is 9.69 Å². The van der Waals surface area contributed by atoms with Crippen LogP contribution in [0.5, 0.6) is 0 Å². The molecule has 0 aromatic heterocycles. The zero-order valence-electron chi connectivity index (χ0n) is 13.9. The Morgan fingerprint density at radius 3 is 1.52 bits per heavy atom. The molecule has 21 heavy (non-hydrogen) atoms. The molecule has 1 N–H and O–H groups in total. The summed E-state index contributed by atoms with van der Waals surface area (Å²) in [6.45, 7) is 5.37. The Morgan fingerprint density at radius 2 is 1.19 bits per heavy atom. The second-order valence-corrected chi connectivity index (χ2v) is 5.50. The fourth-order valence-corrected chi connectivity index (χ4v) is 1.55. The van der Waals surface area contributed by atoms with Gasteiger partial charge in [-0.25, -0.2) is 0 Å². The van der Waals surface area contributed by atoms with Crippen molar-refractivity contribution < 1.29 is 19.4 Å². The Kier molecular flexibility index (Phi) is 12.5. The number of carbonyl (C=O) groups is 1. The average molecular weight is 305 g/mol. The molecule has 0 bridgehead atoms. The first-order valence-electron chi connectivity index (χ1n) is 7.31. The van der Waals surface area contributed by atoms with E-state index in [1.807, 2.05) is 42.9 Å². The summed E-state index contributed by atoms with van der Waals surface area (Å²) in [5, 5.41) is 8.90. The van der Waals surface area contributed by atoms with E-state index < -0.39 is 5.97 Å². The minimum absolute atomic E-state index is 0.0219. The molecule has 0 heterocycles. The predicted octanol–water partition coefficient (Wildman–Crippen LogP) is -0.471. The first kappa shape index (κ1) is 20.3. The van der Waals surface area contributed by atoms with Gasteiger partial charge in [-0.05, 0) is 28.2 Å². The van der Waals surface area contributed by atoms with Crippen molar-refractivity contribution in [1.82, 2.24) is 14.7 Å². The van der Waals surface area contributed by atoms with E-state index in [2.05, 4.69) is 0 Å². The summed E-state index contributed by atoms with van der Waals surface area (Å²) in [6.07, 6.45) is 0. The average Bonchev–Trinajstić information content (AvgIpc) is 2.36. The van der Waals surface area contributed by atoms with E-state index in [0.29, 0.717) is 39.5 Å². The Bertz CT molecular complexity index is 245. The van der Waals surface area contributed by atoms with E-state index in [1.165, 1.54) is 0 Å². The second-order valence-electron chi connectivity index (χ2n) is 5.50. The highest BCUT2D eigenvalue weighted by Crippen LogP contribution is 1.91. The predicted molar refractivity (Wildman–Crippen MR) is 82.8 cm³/mol. The van der Waals surface area contributed by atoms with Crippen LogP contribution in [-0.2, 0) is 14.3 Å². The number of likely N-dealkylation sites (N-methyl/N-ethyl adjacent to an activating group) is 2. The minimum Gasteiger partial charge on any atom is -0.480 e. The van der Waals surface area contributed by atoms with Crippen molar-refractivity contribution in [3.05, 3.63) is 0 Å². The lowest BCUT2D eigenvalue weighted by atomic mass is 10.4. The molecule has 0 aromatic rings. The lowest BCUT2D eigenvalue weighted by molar-refractivity contribution is -0.138. The number of nitrogens with zero attached hydrogens (tertiary/aromatic N) is 3. The van der Waals surface area contributed by atoms with Crippen LogP contribution in [0.25, 0.3) is 0 Å². The standard InChI is InChI=1S/C14H31N3O4/c1-15(2)5-9-20-11-7-17(13-14(18)19)8-12-21-10-6-16(3)4/h5-13H2,1-4H3,(H,18,19). The summed E-state index contributed by atoms with van der Waals surface area (Å²) in [5.41, 5.74) is 0. The van der Waals surface area contributed by atoms with E-state index in [0.717, 1.165) is 13.1 Å². The van der Waals surface area contributed by atoms with Crippen molar-refractivity contribution in [3.8, 4) is 0 Å². The van der Waals surface area contributed by atoms with Gasteiger partial charge in [0.05, 0.1) is 33.0 Å². The number of ether oxygens (including phenoxy) is 2. The molecule has 7 nitrogen and oxygen atoms in total. The van der Waals surface area contributed by atoms with Crippen molar-refractivity contribution in [1.29, 1.82) is 0 Å². The van der Waals surface area contributed by atoms with Gasteiger partial charge in [-0.2, -0.15) is 0 Å².